The summed E-state index contributed by atoms with van der Waals surface area (Å²) in [4.78, 5) is 0. The normalized spacial score (nSPS) is 11.1. The SMILES string of the molecule is CCCCc1cc(CCCC)c(CCCC)c(CCBr)c1Br. The zero-order valence-electron chi connectivity index (χ0n) is 14.6. The second kappa shape index (κ2) is 11.7. The Balaban J connectivity index is 3.24. The molecule has 0 radical (unpaired) electrons. The number of alkyl halides is 1. The third-order valence-electron chi connectivity index (χ3n) is 4.37. The summed E-state index contributed by atoms with van der Waals surface area (Å²) in [5.74, 6) is 0. The largest absolute Gasteiger partial charge is 0.0924 e. The molecule has 0 saturated heterocycles. The minimum atomic E-state index is 1.05. The fraction of sp³-hybridized carbons (Fsp3) is 0.700. The zero-order valence-corrected chi connectivity index (χ0v) is 17.8. The molecule has 2 heteroatoms. The molecule has 0 N–H and O–H groups in total. The lowest BCUT2D eigenvalue weighted by Gasteiger charge is -2.20. The highest BCUT2D eigenvalue weighted by atomic mass is 79.9. The smallest absolute Gasteiger partial charge is 0.0242 e. The van der Waals surface area contributed by atoms with Crippen molar-refractivity contribution < 1.29 is 0 Å². The fourth-order valence-electron chi connectivity index (χ4n) is 3.04. The Hall–Kier alpha value is 0.180. The van der Waals surface area contributed by atoms with Crippen molar-refractivity contribution in [3.05, 3.63) is 32.8 Å². The van der Waals surface area contributed by atoms with E-state index in [4.69, 9.17) is 0 Å². The van der Waals surface area contributed by atoms with Crippen LogP contribution in [0.5, 0.6) is 0 Å². The Morgan fingerprint density at radius 1 is 0.727 bits per heavy atom. The molecule has 22 heavy (non-hydrogen) atoms. The summed E-state index contributed by atoms with van der Waals surface area (Å²) in [5, 5.41) is 1.05. The van der Waals surface area contributed by atoms with Crippen LogP contribution in [-0.4, -0.2) is 5.33 Å². The molecule has 0 unspecified atom stereocenters. The van der Waals surface area contributed by atoms with E-state index in [1.807, 2.05) is 0 Å². The van der Waals surface area contributed by atoms with E-state index in [9.17, 15) is 0 Å². The first-order valence-corrected chi connectivity index (χ1v) is 11.0. The van der Waals surface area contributed by atoms with Crippen molar-refractivity contribution in [2.45, 2.75) is 85.0 Å². The topological polar surface area (TPSA) is 0 Å². The van der Waals surface area contributed by atoms with Crippen LogP contribution in [0, 0.1) is 0 Å². The highest BCUT2D eigenvalue weighted by Crippen LogP contribution is 2.32. The maximum Gasteiger partial charge on any atom is 0.0242 e. The van der Waals surface area contributed by atoms with Gasteiger partial charge < -0.3 is 0 Å². The van der Waals surface area contributed by atoms with Gasteiger partial charge in [-0.3, -0.25) is 0 Å². The van der Waals surface area contributed by atoms with Crippen molar-refractivity contribution in [3.8, 4) is 0 Å². The summed E-state index contributed by atoms with van der Waals surface area (Å²) in [5.41, 5.74) is 6.37. The molecule has 0 aliphatic heterocycles. The van der Waals surface area contributed by atoms with Gasteiger partial charge >= 0.3 is 0 Å². The fourth-order valence-corrected chi connectivity index (χ4v) is 4.19. The molecule has 0 nitrogen and oxygen atoms in total. The average molecular weight is 432 g/mol. The van der Waals surface area contributed by atoms with E-state index in [0.29, 0.717) is 0 Å². The third kappa shape index (κ3) is 6.00. The minimum Gasteiger partial charge on any atom is -0.0924 e. The van der Waals surface area contributed by atoms with Crippen molar-refractivity contribution in [2.24, 2.45) is 0 Å². The van der Waals surface area contributed by atoms with E-state index in [2.05, 4.69) is 58.7 Å². The number of unbranched alkanes of at least 4 members (excludes halogenated alkanes) is 3. The molecule has 0 aliphatic carbocycles. The third-order valence-corrected chi connectivity index (χ3v) is 5.76. The molecule has 1 aromatic carbocycles. The molecule has 0 heterocycles. The van der Waals surface area contributed by atoms with Crippen LogP contribution in [0.15, 0.2) is 10.5 Å². The van der Waals surface area contributed by atoms with E-state index in [0.717, 1.165) is 11.8 Å². The quantitative estimate of drug-likeness (QED) is 0.320. The minimum absolute atomic E-state index is 1.05. The van der Waals surface area contributed by atoms with Crippen LogP contribution in [0.4, 0.5) is 0 Å². The van der Waals surface area contributed by atoms with Gasteiger partial charge in [-0.1, -0.05) is 78.0 Å². The van der Waals surface area contributed by atoms with Crippen molar-refractivity contribution in [2.75, 3.05) is 5.33 Å². The predicted octanol–water partition coefficient (Wildman–Crippen LogP) is 7.41. The first-order valence-electron chi connectivity index (χ1n) is 9.07. The Morgan fingerprint density at radius 2 is 1.27 bits per heavy atom. The van der Waals surface area contributed by atoms with E-state index >= 15 is 0 Å². The Bertz CT molecular complexity index is 438. The summed E-state index contributed by atoms with van der Waals surface area (Å²) in [7, 11) is 0. The molecule has 0 saturated carbocycles. The number of benzene rings is 1. The second-order valence-electron chi connectivity index (χ2n) is 6.22. The summed E-state index contributed by atoms with van der Waals surface area (Å²) in [6.45, 7) is 6.86. The number of rotatable bonds is 11. The maximum atomic E-state index is 3.94. The van der Waals surface area contributed by atoms with Gasteiger partial charge in [0, 0.05) is 9.80 Å². The summed E-state index contributed by atoms with van der Waals surface area (Å²) in [6, 6.07) is 2.51. The maximum absolute atomic E-state index is 3.94. The number of hydrogen-bond donors (Lipinski definition) is 0. The average Bonchev–Trinajstić information content (AvgIpc) is 2.53. The highest BCUT2D eigenvalue weighted by molar-refractivity contribution is 9.10. The second-order valence-corrected chi connectivity index (χ2v) is 7.80. The first kappa shape index (κ1) is 20.2. The molecular formula is C20H32Br2. The molecule has 0 spiro atoms. The van der Waals surface area contributed by atoms with Gasteiger partial charge in [-0.25, -0.2) is 0 Å². The molecule has 0 amide bonds. The lowest BCUT2D eigenvalue weighted by Crippen LogP contribution is -2.06. The number of hydrogen-bond acceptors (Lipinski definition) is 0. The Morgan fingerprint density at radius 3 is 1.82 bits per heavy atom. The lowest BCUT2D eigenvalue weighted by molar-refractivity contribution is 0.742. The van der Waals surface area contributed by atoms with Gasteiger partial charge in [-0.05, 0) is 67.2 Å². The van der Waals surface area contributed by atoms with E-state index in [-0.39, 0.29) is 0 Å². The van der Waals surface area contributed by atoms with Crippen LogP contribution in [0.3, 0.4) is 0 Å². The number of aryl methyl sites for hydroxylation is 2. The molecule has 1 rings (SSSR count). The molecule has 1 aromatic rings. The standard InChI is InChI=1S/C20H32Br2/c1-4-7-10-16-15-17(11-8-5-2)20(22)19(13-14-21)18(16)12-9-6-3/h15H,4-14H2,1-3H3. The van der Waals surface area contributed by atoms with E-state index < -0.39 is 0 Å². The van der Waals surface area contributed by atoms with Gasteiger partial charge in [0.1, 0.15) is 0 Å². The van der Waals surface area contributed by atoms with Crippen molar-refractivity contribution in [3.63, 3.8) is 0 Å². The number of halogens is 2. The Kier molecular flexibility index (Phi) is 10.7. The van der Waals surface area contributed by atoms with Crippen LogP contribution in [0.2, 0.25) is 0 Å². The van der Waals surface area contributed by atoms with Gasteiger partial charge in [0.25, 0.3) is 0 Å². The van der Waals surface area contributed by atoms with Gasteiger partial charge in [-0.2, -0.15) is 0 Å². The molecule has 126 valence electrons. The highest BCUT2D eigenvalue weighted by Gasteiger charge is 2.15. The van der Waals surface area contributed by atoms with Crippen LogP contribution >= 0.6 is 31.9 Å². The van der Waals surface area contributed by atoms with E-state index in [1.54, 1.807) is 16.7 Å². The molecule has 0 atom stereocenters. The van der Waals surface area contributed by atoms with E-state index in [1.165, 1.54) is 67.8 Å². The summed E-state index contributed by atoms with van der Waals surface area (Å²) < 4.78 is 1.40. The molecule has 0 fully saturated rings. The lowest BCUT2D eigenvalue weighted by atomic mass is 9.89. The van der Waals surface area contributed by atoms with Crippen LogP contribution in [-0.2, 0) is 25.7 Å². The summed E-state index contributed by atoms with van der Waals surface area (Å²) >= 11 is 7.59. The van der Waals surface area contributed by atoms with Gasteiger partial charge in [-0.15, -0.1) is 0 Å². The monoisotopic (exact) mass is 430 g/mol. The predicted molar refractivity (Wildman–Crippen MR) is 107 cm³/mol. The van der Waals surface area contributed by atoms with Gasteiger partial charge in [0.15, 0.2) is 0 Å². The molecule has 0 bridgehead atoms. The van der Waals surface area contributed by atoms with Crippen LogP contribution < -0.4 is 0 Å². The van der Waals surface area contributed by atoms with Crippen molar-refractivity contribution in [1.29, 1.82) is 0 Å². The molecule has 0 aromatic heterocycles. The van der Waals surface area contributed by atoms with Crippen LogP contribution in [0.1, 0.15) is 81.5 Å². The molecular weight excluding hydrogens is 400 g/mol. The Labute approximate surface area is 154 Å². The summed E-state index contributed by atoms with van der Waals surface area (Å²) in [6.07, 6.45) is 12.5. The molecule has 0 aliphatic rings. The van der Waals surface area contributed by atoms with Crippen molar-refractivity contribution >= 4 is 31.9 Å². The van der Waals surface area contributed by atoms with Gasteiger partial charge in [0.05, 0.1) is 0 Å². The first-order chi connectivity index (χ1) is 10.7. The van der Waals surface area contributed by atoms with Gasteiger partial charge in [0.2, 0.25) is 0 Å². The van der Waals surface area contributed by atoms with Crippen LogP contribution in [0.25, 0.3) is 0 Å². The van der Waals surface area contributed by atoms with Crippen molar-refractivity contribution in [1.82, 2.24) is 0 Å². The zero-order chi connectivity index (χ0) is 16.4.